The Kier molecular flexibility index (Phi) is 7.31. The molecule has 0 saturated carbocycles. The number of hydrogen-bond donors (Lipinski definition) is 1. The van der Waals surface area contributed by atoms with Gasteiger partial charge in [0.05, 0.1) is 23.3 Å². The van der Waals surface area contributed by atoms with Gasteiger partial charge in [-0.2, -0.15) is 13.2 Å². The van der Waals surface area contributed by atoms with Crippen LogP contribution in [0, 0.1) is 12.7 Å². The van der Waals surface area contributed by atoms with E-state index in [2.05, 4.69) is 20.3 Å². The molecule has 0 aliphatic carbocycles. The molecule has 2 heterocycles. The third-order valence-corrected chi connectivity index (χ3v) is 5.77. The Balaban J connectivity index is 1.91. The van der Waals surface area contributed by atoms with Crippen LogP contribution in [0.25, 0.3) is 10.6 Å². The van der Waals surface area contributed by atoms with Gasteiger partial charge >= 0.3 is 6.18 Å². The van der Waals surface area contributed by atoms with Gasteiger partial charge < -0.3 is 10.1 Å². The molecule has 3 rings (SSSR count). The number of amides is 1. The number of carbonyl (C=O) groups excluding carboxylic acids is 1. The Bertz CT molecular complexity index is 1130. The number of rotatable bonds is 7. The van der Waals surface area contributed by atoms with Gasteiger partial charge in [-0.1, -0.05) is 6.92 Å². The van der Waals surface area contributed by atoms with Crippen LogP contribution >= 0.6 is 11.3 Å². The zero-order valence-corrected chi connectivity index (χ0v) is 19.1. The van der Waals surface area contributed by atoms with Crippen molar-refractivity contribution in [2.24, 2.45) is 0 Å². The molecule has 11 heteroatoms. The molecular formula is C22H22F4N4O2S. The molecule has 1 aromatic carbocycles. The summed E-state index contributed by atoms with van der Waals surface area (Å²) in [5, 5.41) is 2.98. The Morgan fingerprint density at radius 1 is 1.15 bits per heavy atom. The number of hydrogen-bond acceptors (Lipinski definition) is 6. The maximum atomic E-state index is 15.4. The van der Waals surface area contributed by atoms with E-state index < -0.39 is 29.8 Å². The van der Waals surface area contributed by atoms with E-state index in [9.17, 15) is 18.0 Å². The van der Waals surface area contributed by atoms with Gasteiger partial charge in [-0.25, -0.2) is 19.3 Å². The Morgan fingerprint density at radius 3 is 2.36 bits per heavy atom. The summed E-state index contributed by atoms with van der Waals surface area (Å²) in [6, 6.07) is 2.03. The minimum atomic E-state index is -4.67. The lowest BCUT2D eigenvalue weighted by Crippen LogP contribution is -2.28. The molecule has 2 aromatic heterocycles. The van der Waals surface area contributed by atoms with Gasteiger partial charge in [0.2, 0.25) is 5.82 Å². The fourth-order valence-corrected chi connectivity index (χ4v) is 3.62. The van der Waals surface area contributed by atoms with Crippen LogP contribution in [0.4, 0.5) is 17.6 Å². The van der Waals surface area contributed by atoms with Crippen molar-refractivity contribution in [3.63, 3.8) is 0 Å². The van der Waals surface area contributed by atoms with E-state index in [4.69, 9.17) is 4.74 Å². The molecule has 176 valence electrons. The van der Waals surface area contributed by atoms with Gasteiger partial charge in [-0.05, 0) is 39.3 Å². The molecule has 0 unspecified atom stereocenters. The monoisotopic (exact) mass is 482 g/mol. The van der Waals surface area contributed by atoms with E-state index >= 15 is 4.39 Å². The number of carbonyl (C=O) groups is 1. The van der Waals surface area contributed by atoms with Crippen LogP contribution in [0.5, 0.6) is 5.75 Å². The second kappa shape index (κ2) is 9.82. The van der Waals surface area contributed by atoms with Gasteiger partial charge in [0.25, 0.3) is 5.91 Å². The molecule has 0 radical (unpaired) electrons. The summed E-state index contributed by atoms with van der Waals surface area (Å²) in [5.74, 6) is -2.50. The minimum Gasteiger partial charge on any atom is -0.491 e. The van der Waals surface area contributed by atoms with Crippen LogP contribution in [0.2, 0.25) is 0 Å². The highest BCUT2D eigenvalue weighted by molar-refractivity contribution is 7.14. The van der Waals surface area contributed by atoms with E-state index in [-0.39, 0.29) is 22.8 Å². The normalized spacial score (nSPS) is 13.5. The first-order valence-electron chi connectivity index (χ1n) is 10.1. The number of aryl methyl sites for hydroxylation is 1. The molecular weight excluding hydrogens is 460 g/mol. The molecule has 1 N–H and O–H groups in total. The fourth-order valence-electron chi connectivity index (χ4n) is 2.85. The number of benzene rings is 1. The molecule has 0 saturated heterocycles. The summed E-state index contributed by atoms with van der Waals surface area (Å²) in [6.07, 6.45) is -0.578. The van der Waals surface area contributed by atoms with Crippen molar-refractivity contribution in [3.05, 3.63) is 58.4 Å². The van der Waals surface area contributed by atoms with E-state index in [1.807, 2.05) is 20.8 Å². The molecule has 1 amide bonds. The van der Waals surface area contributed by atoms with Gasteiger partial charge in [0.15, 0.2) is 0 Å². The Morgan fingerprint density at radius 2 is 1.82 bits per heavy atom. The SMILES string of the molecule is CC[C@@H](C)Oc1cc(C(=O)N[C@H](C)c2cnc(C(F)(F)F)nc2)c(F)c(-c2ncc(C)s2)c1. The van der Waals surface area contributed by atoms with Crippen LogP contribution in [0.3, 0.4) is 0 Å². The second-order valence-corrected chi connectivity index (χ2v) is 8.71. The van der Waals surface area contributed by atoms with Crippen molar-refractivity contribution in [1.82, 2.24) is 20.3 Å². The maximum Gasteiger partial charge on any atom is 0.451 e. The Hall–Kier alpha value is -3.08. The number of nitrogens with one attached hydrogen (secondary N) is 1. The summed E-state index contributed by atoms with van der Waals surface area (Å²) < 4.78 is 59.2. The number of ether oxygens (including phenoxy) is 1. The smallest absolute Gasteiger partial charge is 0.451 e. The van der Waals surface area contributed by atoms with Gasteiger partial charge in [0, 0.05) is 29.0 Å². The number of thiazole rings is 1. The van der Waals surface area contributed by atoms with Gasteiger partial charge in [-0.15, -0.1) is 11.3 Å². The molecule has 0 bridgehead atoms. The lowest BCUT2D eigenvalue weighted by molar-refractivity contribution is -0.145. The zero-order chi connectivity index (χ0) is 24.3. The van der Waals surface area contributed by atoms with Crippen molar-refractivity contribution < 1.29 is 27.1 Å². The Labute approximate surface area is 192 Å². The summed E-state index contributed by atoms with van der Waals surface area (Å²) in [4.78, 5) is 24.6. The van der Waals surface area contributed by atoms with E-state index in [1.54, 1.807) is 6.20 Å². The average Bonchev–Trinajstić information content (AvgIpc) is 3.20. The van der Waals surface area contributed by atoms with Crippen molar-refractivity contribution in [1.29, 1.82) is 0 Å². The van der Waals surface area contributed by atoms with Crippen LogP contribution in [-0.4, -0.2) is 27.0 Å². The molecule has 0 spiro atoms. The lowest BCUT2D eigenvalue weighted by atomic mass is 10.1. The van der Waals surface area contributed by atoms with Crippen LogP contribution in [0.15, 0.2) is 30.7 Å². The molecule has 6 nitrogen and oxygen atoms in total. The number of alkyl halides is 3. The third kappa shape index (κ3) is 5.84. The van der Waals surface area contributed by atoms with Crippen LogP contribution in [0.1, 0.15) is 59.9 Å². The average molecular weight is 483 g/mol. The topological polar surface area (TPSA) is 77.0 Å². The molecule has 0 aliphatic heterocycles. The largest absolute Gasteiger partial charge is 0.491 e. The number of halogens is 4. The molecule has 0 aliphatic rings. The molecule has 33 heavy (non-hydrogen) atoms. The van der Waals surface area contributed by atoms with E-state index in [0.29, 0.717) is 17.2 Å². The zero-order valence-electron chi connectivity index (χ0n) is 18.3. The fraction of sp³-hybridized carbons (Fsp3) is 0.364. The summed E-state index contributed by atoms with van der Waals surface area (Å²) in [5.41, 5.74) is 0.0995. The third-order valence-electron chi connectivity index (χ3n) is 4.83. The quantitative estimate of drug-likeness (QED) is 0.435. The van der Waals surface area contributed by atoms with E-state index in [0.717, 1.165) is 17.3 Å². The minimum absolute atomic E-state index is 0.129. The van der Waals surface area contributed by atoms with Crippen LogP contribution in [-0.2, 0) is 6.18 Å². The van der Waals surface area contributed by atoms with E-state index in [1.165, 1.54) is 30.4 Å². The number of aromatic nitrogens is 3. The van der Waals surface area contributed by atoms with Crippen molar-refractivity contribution in [2.75, 3.05) is 0 Å². The highest BCUT2D eigenvalue weighted by Crippen LogP contribution is 2.33. The summed E-state index contributed by atoms with van der Waals surface area (Å²) >= 11 is 1.28. The molecule has 2 atom stereocenters. The molecule has 0 fully saturated rings. The summed E-state index contributed by atoms with van der Waals surface area (Å²) in [6.45, 7) is 7.15. The maximum absolute atomic E-state index is 15.4. The highest BCUT2D eigenvalue weighted by Gasteiger charge is 2.34. The first-order valence-corrected chi connectivity index (χ1v) is 10.9. The standard InChI is InChI=1S/C22H22F4N4O2S/c1-5-11(2)32-15-6-16(18(23)17(7-15)20-27-8-12(3)33-20)19(31)30-13(4)14-9-28-21(29-10-14)22(24,25)26/h6-11,13H,5H2,1-4H3,(H,30,31)/t11-,13-/m1/s1. The van der Waals surface area contributed by atoms with Crippen molar-refractivity contribution in [3.8, 4) is 16.3 Å². The van der Waals surface area contributed by atoms with Crippen molar-refractivity contribution in [2.45, 2.75) is 52.4 Å². The predicted molar refractivity (Wildman–Crippen MR) is 116 cm³/mol. The highest BCUT2D eigenvalue weighted by atomic mass is 32.1. The van der Waals surface area contributed by atoms with Gasteiger partial charge in [-0.3, -0.25) is 4.79 Å². The second-order valence-electron chi connectivity index (χ2n) is 7.48. The van der Waals surface area contributed by atoms with Crippen LogP contribution < -0.4 is 10.1 Å². The number of nitrogens with zero attached hydrogens (tertiary/aromatic N) is 3. The van der Waals surface area contributed by atoms with Crippen molar-refractivity contribution >= 4 is 17.2 Å². The first kappa shape index (κ1) is 24.6. The summed E-state index contributed by atoms with van der Waals surface area (Å²) in [7, 11) is 0. The molecule has 3 aromatic rings. The lowest BCUT2D eigenvalue weighted by Gasteiger charge is -2.18. The van der Waals surface area contributed by atoms with Gasteiger partial charge in [0.1, 0.15) is 16.6 Å². The predicted octanol–water partition coefficient (Wildman–Crippen LogP) is 5.73. The first-order chi connectivity index (χ1) is 15.5.